The van der Waals surface area contributed by atoms with E-state index in [4.69, 9.17) is 14.3 Å². The number of halogens is 1. The number of hydrogen-bond acceptors (Lipinski definition) is 5. The Balaban J connectivity index is 1.77. The predicted octanol–water partition coefficient (Wildman–Crippen LogP) is 4.86. The number of rotatable bonds is 10. The Labute approximate surface area is 191 Å². The zero-order chi connectivity index (χ0) is 23.1. The molecule has 0 N–H and O–H groups in total. The van der Waals surface area contributed by atoms with Gasteiger partial charge >= 0.3 is 0 Å². The highest BCUT2D eigenvalue weighted by atomic mass is 32.2. The van der Waals surface area contributed by atoms with Crippen molar-refractivity contribution in [3.8, 4) is 0 Å². The highest BCUT2D eigenvalue weighted by Crippen LogP contribution is 2.38. The van der Waals surface area contributed by atoms with Crippen LogP contribution in [-0.2, 0) is 25.5 Å². The summed E-state index contributed by atoms with van der Waals surface area (Å²) < 4.78 is 36.4. The third kappa shape index (κ3) is 5.86. The molecule has 0 saturated carbocycles. The highest BCUT2D eigenvalue weighted by Gasteiger charge is 2.19. The van der Waals surface area contributed by atoms with Gasteiger partial charge in [-0.25, -0.2) is 4.39 Å². The lowest BCUT2D eigenvalue weighted by atomic mass is 10.0. The van der Waals surface area contributed by atoms with Crippen molar-refractivity contribution in [1.29, 1.82) is 0 Å². The zero-order valence-electron chi connectivity index (χ0n) is 18.8. The van der Waals surface area contributed by atoms with Crippen molar-refractivity contribution in [3.05, 3.63) is 70.5 Å². The van der Waals surface area contributed by atoms with Gasteiger partial charge in [0, 0.05) is 20.6 Å². The molecule has 0 aromatic heterocycles. The molecule has 1 aliphatic rings. The maximum atomic E-state index is 14.4. The summed E-state index contributed by atoms with van der Waals surface area (Å²) in [7, 11) is 3.19. The largest absolute Gasteiger partial charge is 0.612 e. The summed E-state index contributed by atoms with van der Waals surface area (Å²) in [6.07, 6.45) is 7.56. The van der Waals surface area contributed by atoms with E-state index < -0.39 is 17.0 Å². The summed E-state index contributed by atoms with van der Waals surface area (Å²) >= 11 is -1.36. The molecule has 32 heavy (non-hydrogen) atoms. The first-order valence-electron chi connectivity index (χ1n) is 10.3. The summed E-state index contributed by atoms with van der Waals surface area (Å²) in [5.41, 5.74) is 6.00. The molecule has 0 saturated heterocycles. The minimum absolute atomic E-state index is 0.228. The van der Waals surface area contributed by atoms with E-state index in [-0.39, 0.29) is 11.0 Å². The van der Waals surface area contributed by atoms with Gasteiger partial charge in [0.2, 0.25) is 0 Å². The maximum Gasteiger partial charge on any atom is 0.188 e. The average molecular weight is 458 g/mol. The molecule has 2 aromatic rings. The summed E-state index contributed by atoms with van der Waals surface area (Å²) in [6.45, 7) is 2.72. The minimum Gasteiger partial charge on any atom is -0.612 e. The van der Waals surface area contributed by atoms with Crippen molar-refractivity contribution < 1.29 is 23.3 Å². The molecular formula is C25H28FNO4S. The Kier molecular flexibility index (Phi) is 8.64. The summed E-state index contributed by atoms with van der Waals surface area (Å²) in [6, 6.07) is 11.2. The van der Waals surface area contributed by atoms with Crippen molar-refractivity contribution in [2.24, 2.45) is 5.16 Å². The van der Waals surface area contributed by atoms with Gasteiger partial charge in [-0.05, 0) is 69.7 Å². The van der Waals surface area contributed by atoms with Crippen LogP contribution in [0.25, 0.3) is 17.2 Å². The van der Waals surface area contributed by atoms with Crippen LogP contribution in [0.5, 0.6) is 0 Å². The topological polar surface area (TPSA) is 63.1 Å². The number of methoxy groups -OCH3 is 2. The van der Waals surface area contributed by atoms with Gasteiger partial charge in [0.1, 0.15) is 19.0 Å². The molecule has 1 aliphatic carbocycles. The van der Waals surface area contributed by atoms with E-state index in [9.17, 15) is 8.94 Å². The molecule has 170 valence electrons. The smallest absolute Gasteiger partial charge is 0.188 e. The van der Waals surface area contributed by atoms with Gasteiger partial charge in [-0.3, -0.25) is 0 Å². The van der Waals surface area contributed by atoms with E-state index in [1.807, 2.05) is 25.1 Å². The second-order valence-electron chi connectivity index (χ2n) is 7.48. The molecule has 0 spiro atoms. The molecule has 0 aliphatic heterocycles. The van der Waals surface area contributed by atoms with Crippen molar-refractivity contribution in [1.82, 2.24) is 0 Å². The number of benzene rings is 2. The van der Waals surface area contributed by atoms with E-state index in [2.05, 4.69) is 23.4 Å². The van der Waals surface area contributed by atoms with E-state index in [1.54, 1.807) is 26.5 Å². The zero-order valence-corrected chi connectivity index (χ0v) is 19.6. The first-order chi connectivity index (χ1) is 15.4. The molecule has 0 heterocycles. The fourth-order valence-corrected chi connectivity index (χ4v) is 4.23. The molecule has 0 amide bonds. The Morgan fingerprint density at radius 1 is 1.19 bits per heavy atom. The third-order valence-corrected chi connectivity index (χ3v) is 6.19. The van der Waals surface area contributed by atoms with Gasteiger partial charge in [-0.15, -0.1) is 0 Å². The Morgan fingerprint density at radius 3 is 2.62 bits per heavy atom. The Bertz CT molecular complexity index is 1030. The summed E-state index contributed by atoms with van der Waals surface area (Å²) in [4.78, 5) is 5.64. The fraction of sp³-hybridized carbons (Fsp3) is 0.320. The highest BCUT2D eigenvalue weighted by molar-refractivity contribution is 7.90. The van der Waals surface area contributed by atoms with E-state index >= 15 is 0 Å². The molecule has 2 atom stereocenters. The van der Waals surface area contributed by atoms with Crippen LogP contribution in [0.3, 0.4) is 0 Å². The number of ether oxygens (including phenoxy) is 2. The van der Waals surface area contributed by atoms with Gasteiger partial charge in [0.15, 0.2) is 10.7 Å². The van der Waals surface area contributed by atoms with Crippen LogP contribution >= 0.6 is 0 Å². The molecule has 2 aromatic carbocycles. The average Bonchev–Trinajstić information content (AvgIpc) is 3.12. The Hall–Kier alpha value is -2.45. The second-order valence-corrected chi connectivity index (χ2v) is 8.82. The lowest BCUT2D eigenvalue weighted by Gasteiger charge is -2.09. The van der Waals surface area contributed by atoms with Crippen LogP contribution in [0.4, 0.5) is 4.39 Å². The number of allylic oxidation sites excluding steroid dienone is 2. The molecule has 0 radical (unpaired) electrons. The van der Waals surface area contributed by atoms with E-state index in [0.29, 0.717) is 19.6 Å². The van der Waals surface area contributed by atoms with Crippen LogP contribution in [0.2, 0.25) is 0 Å². The lowest BCUT2D eigenvalue weighted by Crippen LogP contribution is -2.18. The van der Waals surface area contributed by atoms with Crippen molar-refractivity contribution >= 4 is 34.6 Å². The van der Waals surface area contributed by atoms with Crippen molar-refractivity contribution in [2.75, 3.05) is 33.7 Å². The monoisotopic (exact) mass is 457 g/mol. The number of fused-ring (bicyclic) bond motifs is 1. The molecule has 2 unspecified atom stereocenters. The van der Waals surface area contributed by atoms with Crippen LogP contribution in [-0.4, -0.2) is 50.6 Å². The van der Waals surface area contributed by atoms with Gasteiger partial charge in [-0.2, -0.15) is 0 Å². The van der Waals surface area contributed by atoms with Crippen LogP contribution in [0.15, 0.2) is 52.5 Å². The predicted molar refractivity (Wildman–Crippen MR) is 127 cm³/mol. The number of aryl methyl sites for hydroxylation is 1. The third-order valence-electron chi connectivity index (χ3n) is 5.25. The van der Waals surface area contributed by atoms with E-state index in [0.717, 1.165) is 33.4 Å². The first kappa shape index (κ1) is 24.2. The van der Waals surface area contributed by atoms with Gasteiger partial charge < -0.3 is 18.9 Å². The van der Waals surface area contributed by atoms with E-state index in [1.165, 1.54) is 12.3 Å². The molecule has 0 fully saturated rings. The normalized spacial score (nSPS) is 16.3. The fourth-order valence-electron chi connectivity index (χ4n) is 3.55. The number of hydrogen-bond donors (Lipinski definition) is 0. The SMILES string of the molecule is COCC(C=NOCCC1=C/C(=C/c2cc(F)c([S+](C)[O-])cc2C)c2ccccc21)OC. The standard InChI is InChI=1S/C25H28FNO4S/c1-17-11-25(32(4)28)24(26)14-19(17)13-20-12-18(22-7-5-6-8-23(20)22)9-10-31-27-15-21(30-3)16-29-2/h5-8,11-15,21H,9-10,16H2,1-4H3/b20-13-,27-15?. The minimum atomic E-state index is -1.36. The second kappa shape index (κ2) is 11.4. The first-order valence-corrected chi connectivity index (χ1v) is 11.8. The molecule has 0 bridgehead atoms. The summed E-state index contributed by atoms with van der Waals surface area (Å²) in [5, 5.41) is 3.97. The lowest BCUT2D eigenvalue weighted by molar-refractivity contribution is 0.0666. The number of oxime groups is 1. The molecule has 7 heteroatoms. The summed E-state index contributed by atoms with van der Waals surface area (Å²) in [5.74, 6) is -0.451. The Morgan fingerprint density at radius 2 is 1.94 bits per heavy atom. The van der Waals surface area contributed by atoms with Crippen LogP contribution < -0.4 is 0 Å². The van der Waals surface area contributed by atoms with Crippen molar-refractivity contribution in [2.45, 2.75) is 24.3 Å². The quantitative estimate of drug-likeness (QED) is 0.221. The molecular weight excluding hydrogens is 429 g/mol. The van der Waals surface area contributed by atoms with Gasteiger partial charge in [0.25, 0.3) is 0 Å². The maximum absolute atomic E-state index is 14.4. The van der Waals surface area contributed by atoms with Crippen LogP contribution in [0, 0.1) is 12.7 Å². The van der Waals surface area contributed by atoms with Gasteiger partial charge in [-0.1, -0.05) is 35.5 Å². The van der Waals surface area contributed by atoms with Crippen molar-refractivity contribution in [3.63, 3.8) is 0 Å². The molecule has 5 nitrogen and oxygen atoms in total. The van der Waals surface area contributed by atoms with Crippen LogP contribution in [0.1, 0.15) is 28.7 Å². The van der Waals surface area contributed by atoms with Gasteiger partial charge in [0.05, 0.1) is 12.8 Å². The molecule has 3 rings (SSSR count). The number of nitrogens with zero attached hydrogens (tertiary/aromatic N) is 1.